The predicted molar refractivity (Wildman–Crippen MR) is 130 cm³/mol. The average molecular weight is 536 g/mol. The van der Waals surface area contributed by atoms with Crippen LogP contribution in [0.5, 0.6) is 5.75 Å². The van der Waals surface area contributed by atoms with Crippen LogP contribution >= 0.6 is 15.9 Å². The molecule has 0 saturated carbocycles. The third-order valence-corrected chi connectivity index (χ3v) is 5.49. The number of carbonyl (C=O) groups excluding carboxylic acids is 5. The van der Waals surface area contributed by atoms with Gasteiger partial charge < -0.3 is 15.4 Å². The summed E-state index contributed by atoms with van der Waals surface area (Å²) in [5.41, 5.74) is 1.51. The third kappa shape index (κ3) is 5.44. The van der Waals surface area contributed by atoms with Gasteiger partial charge in [-0.25, -0.2) is 0 Å². The predicted octanol–water partition coefficient (Wildman–Crippen LogP) is 3.86. The molecule has 0 aromatic heterocycles. The molecule has 4 rings (SSSR count). The van der Waals surface area contributed by atoms with E-state index in [2.05, 4.69) is 26.6 Å². The van der Waals surface area contributed by atoms with Crippen LogP contribution in [0, 0.1) is 0 Å². The maximum absolute atomic E-state index is 12.6. The molecular formula is C25H18BrN3O6. The Balaban J connectivity index is 1.40. The van der Waals surface area contributed by atoms with E-state index >= 15 is 0 Å². The van der Waals surface area contributed by atoms with Gasteiger partial charge >= 0.3 is 5.97 Å². The average Bonchev–Trinajstić information content (AvgIpc) is 3.03. The van der Waals surface area contributed by atoms with Crippen molar-refractivity contribution in [1.29, 1.82) is 0 Å². The number of rotatable bonds is 6. The Labute approximate surface area is 208 Å². The van der Waals surface area contributed by atoms with Gasteiger partial charge in [0.05, 0.1) is 11.1 Å². The second-order valence-corrected chi connectivity index (χ2v) is 8.51. The Bertz CT molecular complexity index is 1390. The van der Waals surface area contributed by atoms with E-state index in [1.807, 2.05) is 0 Å². The van der Waals surface area contributed by atoms with Gasteiger partial charge in [0.2, 0.25) is 5.91 Å². The standard InChI is InChI=1S/C25H18BrN3O6/c1-14(30)35-19-7-2-4-15(10-19)23(32)28-18-6-3-5-17(12-18)27-22(31)13-29-24(33)20-9-8-16(26)11-21(20)25(29)34/h2-12H,13H2,1H3,(H,27,31)(H,28,32). The lowest BCUT2D eigenvalue weighted by atomic mass is 10.1. The van der Waals surface area contributed by atoms with Crippen molar-refractivity contribution in [2.24, 2.45) is 0 Å². The van der Waals surface area contributed by atoms with E-state index in [1.54, 1.807) is 48.5 Å². The molecule has 4 amide bonds. The Hall–Kier alpha value is -4.31. The minimum Gasteiger partial charge on any atom is -0.427 e. The number of hydrogen-bond donors (Lipinski definition) is 2. The maximum Gasteiger partial charge on any atom is 0.308 e. The molecule has 0 saturated heterocycles. The molecule has 0 unspecified atom stereocenters. The number of anilines is 2. The number of nitrogens with one attached hydrogen (secondary N) is 2. The number of imide groups is 1. The molecule has 0 aliphatic carbocycles. The number of esters is 1. The quantitative estimate of drug-likeness (QED) is 0.280. The number of halogens is 1. The summed E-state index contributed by atoms with van der Waals surface area (Å²) in [6, 6.07) is 17.3. The van der Waals surface area contributed by atoms with Crippen molar-refractivity contribution in [3.8, 4) is 5.75 Å². The highest BCUT2D eigenvalue weighted by molar-refractivity contribution is 9.10. The molecule has 35 heavy (non-hydrogen) atoms. The SMILES string of the molecule is CC(=O)Oc1cccc(C(=O)Nc2cccc(NC(=O)CN3C(=O)c4ccc(Br)cc4C3=O)c2)c1. The van der Waals surface area contributed by atoms with E-state index in [0.717, 1.165) is 4.90 Å². The van der Waals surface area contributed by atoms with Crippen LogP contribution in [0.3, 0.4) is 0 Å². The van der Waals surface area contributed by atoms with Crippen LogP contribution in [0.1, 0.15) is 38.0 Å². The van der Waals surface area contributed by atoms with Crippen LogP contribution in [-0.4, -0.2) is 41.0 Å². The summed E-state index contributed by atoms with van der Waals surface area (Å²) in [6.07, 6.45) is 0. The number of nitrogens with zero attached hydrogens (tertiary/aromatic N) is 1. The molecule has 0 bridgehead atoms. The Morgan fingerprint density at radius 3 is 2.29 bits per heavy atom. The highest BCUT2D eigenvalue weighted by Crippen LogP contribution is 2.26. The molecular weight excluding hydrogens is 518 g/mol. The van der Waals surface area contributed by atoms with E-state index in [4.69, 9.17) is 4.74 Å². The maximum atomic E-state index is 12.6. The Morgan fingerprint density at radius 1 is 0.857 bits per heavy atom. The first-order valence-corrected chi connectivity index (χ1v) is 11.2. The molecule has 0 spiro atoms. The minimum atomic E-state index is -0.573. The molecule has 9 nitrogen and oxygen atoms in total. The van der Waals surface area contributed by atoms with Gasteiger partial charge in [-0.3, -0.25) is 28.9 Å². The highest BCUT2D eigenvalue weighted by atomic mass is 79.9. The van der Waals surface area contributed by atoms with Gasteiger partial charge in [0, 0.05) is 28.3 Å². The second-order valence-electron chi connectivity index (χ2n) is 7.59. The molecule has 2 N–H and O–H groups in total. The molecule has 10 heteroatoms. The molecule has 3 aromatic carbocycles. The zero-order valence-corrected chi connectivity index (χ0v) is 19.9. The van der Waals surface area contributed by atoms with Crippen molar-refractivity contribution in [1.82, 2.24) is 4.90 Å². The molecule has 176 valence electrons. The summed E-state index contributed by atoms with van der Waals surface area (Å²) in [5, 5.41) is 5.33. The summed E-state index contributed by atoms with van der Waals surface area (Å²) < 4.78 is 5.65. The first-order chi connectivity index (χ1) is 16.7. The molecule has 0 atom stereocenters. The lowest BCUT2D eigenvalue weighted by Crippen LogP contribution is -2.37. The van der Waals surface area contributed by atoms with Gasteiger partial charge in [0.15, 0.2) is 0 Å². The summed E-state index contributed by atoms with van der Waals surface area (Å²) in [7, 11) is 0. The molecule has 1 heterocycles. The van der Waals surface area contributed by atoms with Crippen molar-refractivity contribution >= 4 is 56.9 Å². The van der Waals surface area contributed by atoms with Gasteiger partial charge in [-0.15, -0.1) is 0 Å². The molecule has 3 aromatic rings. The van der Waals surface area contributed by atoms with Crippen LogP contribution in [-0.2, 0) is 9.59 Å². The lowest BCUT2D eigenvalue weighted by Gasteiger charge is -2.14. The number of amides is 4. The van der Waals surface area contributed by atoms with Gasteiger partial charge in [-0.05, 0) is 54.6 Å². The van der Waals surface area contributed by atoms with Crippen LogP contribution in [0.25, 0.3) is 0 Å². The zero-order valence-electron chi connectivity index (χ0n) is 18.3. The number of hydrogen-bond acceptors (Lipinski definition) is 6. The molecule has 1 aliphatic heterocycles. The van der Waals surface area contributed by atoms with Crippen molar-refractivity contribution < 1.29 is 28.7 Å². The minimum absolute atomic E-state index is 0.236. The fourth-order valence-corrected chi connectivity index (χ4v) is 3.86. The van der Waals surface area contributed by atoms with E-state index < -0.39 is 36.1 Å². The van der Waals surface area contributed by atoms with Crippen LogP contribution in [0.4, 0.5) is 11.4 Å². The van der Waals surface area contributed by atoms with Crippen molar-refractivity contribution in [2.45, 2.75) is 6.92 Å². The van der Waals surface area contributed by atoms with Gasteiger partial charge in [-0.1, -0.05) is 28.1 Å². The number of ether oxygens (including phenoxy) is 1. The van der Waals surface area contributed by atoms with E-state index in [-0.39, 0.29) is 22.4 Å². The Morgan fingerprint density at radius 2 is 1.54 bits per heavy atom. The second kappa shape index (κ2) is 9.90. The molecule has 1 aliphatic rings. The number of benzene rings is 3. The van der Waals surface area contributed by atoms with E-state index in [9.17, 15) is 24.0 Å². The third-order valence-electron chi connectivity index (χ3n) is 5.00. The number of fused-ring (bicyclic) bond motifs is 1. The van der Waals surface area contributed by atoms with E-state index in [0.29, 0.717) is 15.8 Å². The van der Waals surface area contributed by atoms with Gasteiger partial charge in [0.1, 0.15) is 12.3 Å². The monoisotopic (exact) mass is 535 g/mol. The normalized spacial score (nSPS) is 12.2. The molecule has 0 radical (unpaired) electrons. The summed E-state index contributed by atoms with van der Waals surface area (Å²) in [6.45, 7) is 0.809. The van der Waals surface area contributed by atoms with E-state index in [1.165, 1.54) is 25.1 Å². The summed E-state index contributed by atoms with van der Waals surface area (Å²) >= 11 is 3.27. The van der Waals surface area contributed by atoms with Crippen molar-refractivity contribution in [3.63, 3.8) is 0 Å². The van der Waals surface area contributed by atoms with Gasteiger partial charge in [0.25, 0.3) is 17.7 Å². The van der Waals surface area contributed by atoms with Crippen LogP contribution < -0.4 is 15.4 Å². The van der Waals surface area contributed by atoms with Crippen molar-refractivity contribution in [3.05, 3.63) is 87.9 Å². The first-order valence-electron chi connectivity index (χ1n) is 10.4. The zero-order chi connectivity index (χ0) is 25.1. The highest BCUT2D eigenvalue weighted by Gasteiger charge is 2.36. The fourth-order valence-electron chi connectivity index (χ4n) is 3.50. The smallest absolute Gasteiger partial charge is 0.308 e. The molecule has 0 fully saturated rings. The first kappa shape index (κ1) is 23.8. The topological polar surface area (TPSA) is 122 Å². The largest absolute Gasteiger partial charge is 0.427 e. The Kier molecular flexibility index (Phi) is 6.74. The fraction of sp³-hybridized carbons (Fsp3) is 0.0800. The van der Waals surface area contributed by atoms with Crippen LogP contribution in [0.2, 0.25) is 0 Å². The number of carbonyl (C=O) groups is 5. The summed E-state index contributed by atoms with van der Waals surface area (Å²) in [5.74, 6) is -2.36. The van der Waals surface area contributed by atoms with Crippen LogP contribution in [0.15, 0.2) is 71.2 Å². The van der Waals surface area contributed by atoms with Gasteiger partial charge in [-0.2, -0.15) is 0 Å². The van der Waals surface area contributed by atoms with Crippen molar-refractivity contribution in [2.75, 3.05) is 17.2 Å². The lowest BCUT2D eigenvalue weighted by molar-refractivity contribution is -0.131. The summed E-state index contributed by atoms with van der Waals surface area (Å²) in [4.78, 5) is 62.3.